The van der Waals surface area contributed by atoms with Gasteiger partial charge in [-0.15, -0.1) is 0 Å². The van der Waals surface area contributed by atoms with Crippen LogP contribution in [0.2, 0.25) is 0 Å². The summed E-state index contributed by atoms with van der Waals surface area (Å²) in [5.74, 6) is 5.48. The molecule has 3 nitrogen and oxygen atoms in total. The number of rotatable bonds is 3. The minimum atomic E-state index is -0.192. The molecule has 1 amide bonds. The van der Waals surface area contributed by atoms with E-state index in [9.17, 15) is 4.79 Å². The average Bonchev–Trinajstić information content (AvgIpc) is 3.22. The fourth-order valence-corrected chi connectivity index (χ4v) is 2.02. The average molecular weight is 243 g/mol. The van der Waals surface area contributed by atoms with Gasteiger partial charge in [0.05, 0.1) is 5.56 Å². The largest absolute Gasteiger partial charge is 0.384 e. The minimum absolute atomic E-state index is 0.0443. The van der Waals surface area contributed by atoms with E-state index in [2.05, 4.69) is 11.8 Å². The third-order valence-electron chi connectivity index (χ3n) is 3.05. The second-order valence-electron chi connectivity index (χ2n) is 4.33. The van der Waals surface area contributed by atoms with Crippen molar-refractivity contribution in [3.63, 3.8) is 0 Å². The zero-order valence-corrected chi connectivity index (χ0v) is 10.5. The highest BCUT2D eigenvalue weighted by atomic mass is 16.2. The molecule has 0 spiro atoms. The van der Waals surface area contributed by atoms with Gasteiger partial charge in [-0.25, -0.2) is 0 Å². The molecule has 0 bridgehead atoms. The number of aliphatic hydroxyl groups excluding tert-OH is 1. The summed E-state index contributed by atoms with van der Waals surface area (Å²) >= 11 is 0. The summed E-state index contributed by atoms with van der Waals surface area (Å²) in [6.45, 7) is 2.53. The second-order valence-corrected chi connectivity index (χ2v) is 4.33. The summed E-state index contributed by atoms with van der Waals surface area (Å²) in [5, 5.41) is 8.74. The number of amides is 1. The number of aliphatic hydroxyl groups is 1. The molecule has 1 N–H and O–H groups in total. The zero-order valence-electron chi connectivity index (χ0n) is 10.5. The molecule has 0 radical (unpaired) electrons. The Labute approximate surface area is 107 Å². The normalized spacial score (nSPS) is 13.7. The van der Waals surface area contributed by atoms with Crippen LogP contribution in [0.4, 0.5) is 0 Å². The maximum absolute atomic E-state index is 12.4. The van der Waals surface area contributed by atoms with Crippen LogP contribution < -0.4 is 0 Å². The van der Waals surface area contributed by atoms with Crippen molar-refractivity contribution in [1.82, 2.24) is 4.90 Å². The first-order chi connectivity index (χ1) is 8.77. The van der Waals surface area contributed by atoms with Gasteiger partial charge in [0, 0.05) is 18.2 Å². The van der Waals surface area contributed by atoms with E-state index in [-0.39, 0.29) is 12.5 Å². The Morgan fingerprint density at radius 3 is 2.78 bits per heavy atom. The van der Waals surface area contributed by atoms with Crippen LogP contribution in [0.5, 0.6) is 0 Å². The van der Waals surface area contributed by atoms with Crippen LogP contribution in [0.25, 0.3) is 0 Å². The molecule has 0 aliphatic heterocycles. The maximum atomic E-state index is 12.4. The molecule has 1 aromatic carbocycles. The smallest absolute Gasteiger partial charge is 0.255 e. The van der Waals surface area contributed by atoms with E-state index < -0.39 is 0 Å². The lowest BCUT2D eigenvalue weighted by Gasteiger charge is -2.21. The monoisotopic (exact) mass is 243 g/mol. The van der Waals surface area contributed by atoms with E-state index in [1.54, 1.807) is 6.07 Å². The standard InChI is InChI=1S/C15H17NO2/c1-2-16(13-9-10-13)15(18)14-8-4-3-6-12(14)7-5-11-17/h3-4,6,8,13,17H,2,9-11H2,1H3. The van der Waals surface area contributed by atoms with Crippen molar-refractivity contribution in [3.8, 4) is 11.8 Å². The van der Waals surface area contributed by atoms with E-state index >= 15 is 0 Å². The van der Waals surface area contributed by atoms with Crippen LogP contribution in [0.1, 0.15) is 35.7 Å². The first-order valence-electron chi connectivity index (χ1n) is 6.27. The molecule has 0 aromatic heterocycles. The highest BCUT2D eigenvalue weighted by Crippen LogP contribution is 2.28. The summed E-state index contributed by atoms with van der Waals surface area (Å²) in [6.07, 6.45) is 2.20. The SMILES string of the molecule is CCN(C(=O)c1ccccc1C#CCO)C1CC1. The Bertz CT molecular complexity index is 495. The van der Waals surface area contributed by atoms with Crippen molar-refractivity contribution in [2.75, 3.05) is 13.2 Å². The van der Waals surface area contributed by atoms with Gasteiger partial charge in [-0.05, 0) is 31.9 Å². The molecule has 1 aliphatic rings. The van der Waals surface area contributed by atoms with Gasteiger partial charge in [-0.2, -0.15) is 0 Å². The molecule has 1 aliphatic carbocycles. The third-order valence-corrected chi connectivity index (χ3v) is 3.05. The molecule has 1 saturated carbocycles. The Hall–Kier alpha value is -1.79. The third kappa shape index (κ3) is 2.72. The zero-order chi connectivity index (χ0) is 13.0. The topological polar surface area (TPSA) is 40.5 Å². The molecule has 18 heavy (non-hydrogen) atoms. The van der Waals surface area contributed by atoms with Crippen molar-refractivity contribution in [3.05, 3.63) is 35.4 Å². The van der Waals surface area contributed by atoms with E-state index in [1.165, 1.54) is 0 Å². The maximum Gasteiger partial charge on any atom is 0.255 e. The van der Waals surface area contributed by atoms with E-state index in [0.717, 1.165) is 19.4 Å². The van der Waals surface area contributed by atoms with Crippen molar-refractivity contribution < 1.29 is 9.90 Å². The molecule has 0 atom stereocenters. The summed E-state index contributed by atoms with van der Waals surface area (Å²) in [4.78, 5) is 14.3. The molecule has 0 saturated heterocycles. The lowest BCUT2D eigenvalue weighted by atomic mass is 10.1. The molecule has 94 valence electrons. The number of nitrogens with zero attached hydrogens (tertiary/aromatic N) is 1. The number of hydrogen-bond donors (Lipinski definition) is 1. The number of carbonyl (C=O) groups excluding carboxylic acids is 1. The highest BCUT2D eigenvalue weighted by molar-refractivity contribution is 5.97. The fourth-order valence-electron chi connectivity index (χ4n) is 2.02. The van der Waals surface area contributed by atoms with Gasteiger partial charge in [0.1, 0.15) is 6.61 Å². The van der Waals surface area contributed by atoms with Crippen LogP contribution in [-0.4, -0.2) is 35.1 Å². The molecule has 1 fully saturated rings. The van der Waals surface area contributed by atoms with Crippen LogP contribution in [0.3, 0.4) is 0 Å². The highest BCUT2D eigenvalue weighted by Gasteiger charge is 2.32. The van der Waals surface area contributed by atoms with Crippen LogP contribution in [0.15, 0.2) is 24.3 Å². The number of carbonyl (C=O) groups is 1. The van der Waals surface area contributed by atoms with Gasteiger partial charge in [0.25, 0.3) is 5.91 Å². The summed E-state index contributed by atoms with van der Waals surface area (Å²) in [7, 11) is 0. The van der Waals surface area contributed by atoms with Gasteiger partial charge in [0.15, 0.2) is 0 Å². The Kier molecular flexibility index (Phi) is 4.01. The summed E-state index contributed by atoms with van der Waals surface area (Å²) in [6, 6.07) is 7.72. The molecule has 1 aromatic rings. The van der Waals surface area contributed by atoms with Crippen LogP contribution in [-0.2, 0) is 0 Å². The van der Waals surface area contributed by atoms with Crippen molar-refractivity contribution >= 4 is 5.91 Å². The second kappa shape index (κ2) is 5.70. The number of hydrogen-bond acceptors (Lipinski definition) is 2. The van der Waals surface area contributed by atoms with Gasteiger partial charge in [0.2, 0.25) is 0 Å². The molecule has 3 heteroatoms. The Morgan fingerprint density at radius 2 is 2.17 bits per heavy atom. The first kappa shape index (κ1) is 12.7. The Balaban J connectivity index is 2.28. The van der Waals surface area contributed by atoms with Gasteiger partial charge < -0.3 is 10.0 Å². The van der Waals surface area contributed by atoms with Crippen LogP contribution >= 0.6 is 0 Å². The molecular formula is C15H17NO2. The lowest BCUT2D eigenvalue weighted by molar-refractivity contribution is 0.0752. The molecule has 2 rings (SSSR count). The summed E-state index contributed by atoms with van der Waals surface area (Å²) < 4.78 is 0. The number of benzene rings is 1. The fraction of sp³-hybridized carbons (Fsp3) is 0.400. The van der Waals surface area contributed by atoms with Gasteiger partial charge >= 0.3 is 0 Å². The lowest BCUT2D eigenvalue weighted by Crippen LogP contribution is -2.33. The molecule has 0 unspecified atom stereocenters. The molecule has 0 heterocycles. The van der Waals surface area contributed by atoms with Crippen molar-refractivity contribution in [2.45, 2.75) is 25.8 Å². The molecular weight excluding hydrogens is 226 g/mol. The Morgan fingerprint density at radius 1 is 1.44 bits per heavy atom. The minimum Gasteiger partial charge on any atom is -0.384 e. The predicted molar refractivity (Wildman–Crippen MR) is 70.1 cm³/mol. The first-order valence-corrected chi connectivity index (χ1v) is 6.27. The van der Waals surface area contributed by atoms with Crippen molar-refractivity contribution in [2.24, 2.45) is 0 Å². The quantitative estimate of drug-likeness (QED) is 0.820. The van der Waals surface area contributed by atoms with E-state index in [1.807, 2.05) is 30.0 Å². The van der Waals surface area contributed by atoms with E-state index in [4.69, 9.17) is 5.11 Å². The predicted octanol–water partition coefficient (Wildman–Crippen LogP) is 1.65. The van der Waals surface area contributed by atoms with Crippen LogP contribution in [0, 0.1) is 11.8 Å². The van der Waals surface area contributed by atoms with Gasteiger partial charge in [-0.3, -0.25) is 4.79 Å². The van der Waals surface area contributed by atoms with E-state index in [0.29, 0.717) is 17.2 Å². The summed E-state index contributed by atoms with van der Waals surface area (Å²) in [5.41, 5.74) is 1.32. The van der Waals surface area contributed by atoms with Gasteiger partial charge in [-0.1, -0.05) is 24.0 Å². The van der Waals surface area contributed by atoms with Crippen molar-refractivity contribution in [1.29, 1.82) is 0 Å².